The molecule has 2 aromatic rings. The largest absolute Gasteiger partial charge is 0.457 e. The molecule has 2 unspecified atom stereocenters. The molecule has 0 fully saturated rings. The first-order chi connectivity index (χ1) is 14.0. The van der Waals surface area contributed by atoms with Crippen molar-refractivity contribution in [1.82, 2.24) is 0 Å². The van der Waals surface area contributed by atoms with Crippen LogP contribution in [0.25, 0.3) is 0 Å². The van der Waals surface area contributed by atoms with Gasteiger partial charge in [-0.25, -0.2) is 0 Å². The van der Waals surface area contributed by atoms with Crippen LogP contribution in [0.5, 0.6) is 0 Å². The van der Waals surface area contributed by atoms with Crippen molar-refractivity contribution in [2.45, 2.75) is 33.6 Å². The number of halogens is 6. The Hall–Kier alpha value is -2.34. The van der Waals surface area contributed by atoms with Crippen LogP contribution in [0.3, 0.4) is 0 Å². The number of hydrogen-bond acceptors (Lipinski definition) is 2. The zero-order valence-electron chi connectivity index (χ0n) is 15.0. The molecule has 30 heavy (non-hydrogen) atoms. The van der Waals surface area contributed by atoms with E-state index < -0.39 is 57.1 Å². The van der Waals surface area contributed by atoms with E-state index in [2.05, 4.69) is 8.73 Å². The van der Waals surface area contributed by atoms with Crippen molar-refractivity contribution in [3.05, 3.63) is 60.7 Å². The molecule has 162 valence electrons. The highest BCUT2D eigenvalue weighted by Gasteiger charge is 2.37. The number of carbonyl (C=O) groups excluding carboxylic acids is 2. The minimum atomic E-state index is -4.82. The Morgan fingerprint density at radius 1 is 0.633 bits per heavy atom. The average molecular weight is 468 g/mol. The van der Waals surface area contributed by atoms with E-state index in [9.17, 15) is 35.9 Å². The highest BCUT2D eigenvalue weighted by atomic mass is 32.2. The maximum Gasteiger partial charge on any atom is 0.457 e. The predicted octanol–water partition coefficient (Wildman–Crippen LogP) is 5.58. The lowest BCUT2D eigenvalue weighted by Crippen LogP contribution is -2.19. The third-order valence-electron chi connectivity index (χ3n) is 3.31. The van der Waals surface area contributed by atoms with Gasteiger partial charge in [0.05, 0.1) is 0 Å². The van der Waals surface area contributed by atoms with Crippen LogP contribution in [0.1, 0.15) is 12.8 Å². The first-order valence-corrected chi connectivity index (χ1v) is 10.6. The molecule has 2 rings (SSSR count). The van der Waals surface area contributed by atoms with Gasteiger partial charge in [0.25, 0.3) is 11.8 Å². The summed E-state index contributed by atoms with van der Waals surface area (Å²) in [5, 5.41) is 0. The van der Waals surface area contributed by atoms with Gasteiger partial charge in [-0.05, 0) is 24.3 Å². The topological polar surface area (TPSA) is 58.9 Å². The molecule has 0 saturated carbocycles. The van der Waals surface area contributed by atoms with E-state index in [1.54, 1.807) is 0 Å². The quantitative estimate of drug-likeness (QED) is 0.538. The molecule has 2 aromatic carbocycles. The van der Waals surface area contributed by atoms with Crippen LogP contribution in [0, 0.1) is 0 Å². The van der Waals surface area contributed by atoms with Crippen molar-refractivity contribution in [2.75, 3.05) is 0 Å². The smallest absolute Gasteiger partial charge is 0.272 e. The van der Waals surface area contributed by atoms with E-state index in [0.29, 0.717) is 0 Å². The summed E-state index contributed by atoms with van der Waals surface area (Å²) < 4.78 is 85.5. The van der Waals surface area contributed by atoms with E-state index >= 15 is 0 Å². The van der Waals surface area contributed by atoms with Crippen LogP contribution in [-0.2, 0) is 31.0 Å². The van der Waals surface area contributed by atoms with Gasteiger partial charge in [-0.2, -0.15) is 35.1 Å². The van der Waals surface area contributed by atoms with Gasteiger partial charge in [0, 0.05) is 44.0 Å². The lowest BCUT2D eigenvalue weighted by atomic mass is 10.3. The fourth-order valence-corrected chi connectivity index (χ4v) is 4.46. The minimum Gasteiger partial charge on any atom is -0.272 e. The highest BCUT2D eigenvalue weighted by molar-refractivity contribution is 7.88. The Morgan fingerprint density at radius 2 is 0.933 bits per heavy atom. The number of carbonyl (C=O) groups is 2. The second-order valence-corrected chi connectivity index (χ2v) is 8.93. The Labute approximate surface area is 172 Å². The SMILES string of the molecule is O=C(CCC(=O)N=S(c1ccccc1)C(F)(F)F)N=S(c1ccccc1)C(F)(F)F. The molecule has 0 aliphatic heterocycles. The van der Waals surface area contributed by atoms with Crippen molar-refractivity contribution in [1.29, 1.82) is 0 Å². The number of nitrogens with zero attached hydrogens (tertiary/aromatic N) is 2. The zero-order chi connectivity index (χ0) is 22.4. The monoisotopic (exact) mass is 468 g/mol. The molecule has 0 N–H and O–H groups in total. The minimum absolute atomic E-state index is 0.239. The molecule has 0 bridgehead atoms. The first-order valence-electron chi connectivity index (χ1n) is 8.20. The average Bonchev–Trinajstić information content (AvgIpc) is 2.68. The summed E-state index contributed by atoms with van der Waals surface area (Å²) >= 11 is 0. The molecule has 0 spiro atoms. The van der Waals surface area contributed by atoms with Gasteiger partial charge in [-0.3, -0.25) is 9.59 Å². The summed E-state index contributed by atoms with van der Waals surface area (Å²) in [5.74, 6) is -2.48. The molecule has 0 heterocycles. The predicted molar refractivity (Wildman–Crippen MR) is 100 cm³/mol. The van der Waals surface area contributed by atoms with E-state index in [4.69, 9.17) is 0 Å². The summed E-state index contributed by atoms with van der Waals surface area (Å²) in [5.41, 5.74) is -9.64. The van der Waals surface area contributed by atoms with Gasteiger partial charge >= 0.3 is 11.0 Å². The molecule has 0 radical (unpaired) electrons. The number of amides is 2. The molecule has 0 aromatic heterocycles. The first kappa shape index (κ1) is 23.9. The standard InChI is InChI=1S/C18H14F6N2O2S2/c19-17(20,21)29(13-7-3-1-4-8-13)25-15(27)11-12-16(28)26-30(18(22,23)24)14-9-5-2-6-10-14/h1-10H,11-12H2. The third-order valence-corrected chi connectivity index (χ3v) is 6.40. The summed E-state index contributed by atoms with van der Waals surface area (Å²) in [4.78, 5) is 23.2. The molecule has 0 aliphatic carbocycles. The highest BCUT2D eigenvalue weighted by Crippen LogP contribution is 2.30. The van der Waals surface area contributed by atoms with Crippen LogP contribution in [-0.4, -0.2) is 22.8 Å². The molecular formula is C18H14F6N2O2S2. The van der Waals surface area contributed by atoms with Crippen LogP contribution in [0.4, 0.5) is 26.3 Å². The molecule has 0 aliphatic rings. The maximum absolute atomic E-state index is 13.2. The van der Waals surface area contributed by atoms with Gasteiger partial charge in [0.1, 0.15) is 0 Å². The van der Waals surface area contributed by atoms with Crippen molar-refractivity contribution in [2.24, 2.45) is 8.73 Å². The number of benzene rings is 2. The lowest BCUT2D eigenvalue weighted by Gasteiger charge is -2.12. The van der Waals surface area contributed by atoms with Gasteiger partial charge < -0.3 is 0 Å². The van der Waals surface area contributed by atoms with Crippen molar-refractivity contribution in [3.63, 3.8) is 0 Å². The fraction of sp³-hybridized carbons (Fsp3) is 0.222. The summed E-state index contributed by atoms with van der Waals surface area (Å²) in [6, 6.07) is 13.0. The molecule has 0 saturated heterocycles. The third kappa shape index (κ3) is 7.17. The molecule has 2 amide bonds. The van der Waals surface area contributed by atoms with Gasteiger partial charge in [0.15, 0.2) is 0 Å². The molecular weight excluding hydrogens is 454 g/mol. The van der Waals surface area contributed by atoms with Crippen molar-refractivity contribution < 1.29 is 35.9 Å². The summed E-state index contributed by atoms with van der Waals surface area (Å²) in [6.07, 6.45) is -1.56. The molecule has 2 atom stereocenters. The van der Waals surface area contributed by atoms with E-state index in [-0.39, 0.29) is 9.79 Å². The Morgan fingerprint density at radius 3 is 1.20 bits per heavy atom. The van der Waals surface area contributed by atoms with E-state index in [0.717, 1.165) is 24.3 Å². The van der Waals surface area contributed by atoms with Crippen LogP contribution >= 0.6 is 0 Å². The van der Waals surface area contributed by atoms with Crippen LogP contribution in [0.15, 0.2) is 79.2 Å². The Balaban J connectivity index is 2.17. The van der Waals surface area contributed by atoms with Crippen LogP contribution in [0.2, 0.25) is 0 Å². The Kier molecular flexibility index (Phi) is 8.07. The maximum atomic E-state index is 13.2. The van der Waals surface area contributed by atoms with Gasteiger partial charge in [-0.15, -0.1) is 0 Å². The second kappa shape index (κ2) is 10.1. The van der Waals surface area contributed by atoms with Gasteiger partial charge in [0.2, 0.25) is 0 Å². The van der Waals surface area contributed by atoms with Crippen molar-refractivity contribution >= 4 is 33.2 Å². The van der Waals surface area contributed by atoms with Crippen molar-refractivity contribution in [3.8, 4) is 0 Å². The second-order valence-electron chi connectivity index (χ2n) is 5.56. The Bertz CT molecular complexity index is 879. The molecule has 4 nitrogen and oxygen atoms in total. The van der Waals surface area contributed by atoms with Crippen LogP contribution < -0.4 is 0 Å². The zero-order valence-corrected chi connectivity index (χ0v) is 16.6. The molecule has 12 heteroatoms. The number of alkyl halides is 6. The van der Waals surface area contributed by atoms with Gasteiger partial charge in [-0.1, -0.05) is 36.4 Å². The van der Waals surface area contributed by atoms with E-state index in [1.165, 1.54) is 36.4 Å². The van der Waals surface area contributed by atoms with E-state index in [1.807, 2.05) is 0 Å². The normalized spacial score (nSPS) is 14.5. The fourth-order valence-electron chi connectivity index (χ4n) is 2.08. The lowest BCUT2D eigenvalue weighted by molar-refractivity contribution is -0.122. The summed E-state index contributed by atoms with van der Waals surface area (Å²) in [6.45, 7) is 0. The number of rotatable bonds is 5. The summed E-state index contributed by atoms with van der Waals surface area (Å²) in [7, 11) is -5.50. The number of hydrogen-bond donors (Lipinski definition) is 0.